The molecule has 34 heavy (non-hydrogen) atoms. The average Bonchev–Trinajstić information content (AvgIpc) is 2.81. The summed E-state index contributed by atoms with van der Waals surface area (Å²) in [6, 6.07) is 5.20. The highest BCUT2D eigenvalue weighted by molar-refractivity contribution is 5.85. The number of hydrogen-bond acceptors (Lipinski definition) is 5. The van der Waals surface area contributed by atoms with Crippen molar-refractivity contribution in [2.24, 2.45) is 11.8 Å². The van der Waals surface area contributed by atoms with Gasteiger partial charge in [0.2, 0.25) is 11.8 Å². The number of nitrogens with zero attached hydrogens (tertiary/aromatic N) is 2. The van der Waals surface area contributed by atoms with Gasteiger partial charge in [-0.2, -0.15) is 0 Å². The first-order valence-electron chi connectivity index (χ1n) is 11.1. The third-order valence-electron chi connectivity index (χ3n) is 5.79. The Bertz CT molecular complexity index is 872. The average molecular weight is 486 g/mol. The number of carbonyl (C=O) groups excluding carboxylic acids is 3. The summed E-state index contributed by atoms with van der Waals surface area (Å²) < 4.78 is 46.7. The Labute approximate surface area is 195 Å². The molecule has 0 saturated carbocycles. The minimum absolute atomic E-state index is 0.158. The number of morpholine rings is 1. The van der Waals surface area contributed by atoms with Crippen molar-refractivity contribution in [1.82, 2.24) is 20.7 Å². The number of hydrazine groups is 1. The Hall–Kier alpha value is -3.02. The SMILES string of the molecule is CC(C)C(=O)NNC(=O)C1CC(c2ccc(OC(F)(F)F)cc2)CN(C(=O)N2CCOCC2)C1. The number of nitrogens with one attached hydrogen (secondary N) is 2. The van der Waals surface area contributed by atoms with Crippen LogP contribution in [-0.4, -0.2) is 73.4 Å². The van der Waals surface area contributed by atoms with Crippen molar-refractivity contribution in [2.75, 3.05) is 39.4 Å². The number of benzene rings is 1. The molecule has 2 unspecified atom stereocenters. The molecule has 2 N–H and O–H groups in total. The first-order chi connectivity index (χ1) is 16.0. The number of ether oxygens (including phenoxy) is 2. The fourth-order valence-electron chi connectivity index (χ4n) is 3.95. The van der Waals surface area contributed by atoms with Crippen LogP contribution in [0.25, 0.3) is 0 Å². The summed E-state index contributed by atoms with van der Waals surface area (Å²) in [6.07, 6.45) is -4.44. The van der Waals surface area contributed by atoms with E-state index in [-0.39, 0.29) is 36.1 Å². The van der Waals surface area contributed by atoms with E-state index in [1.807, 2.05) is 0 Å². The molecule has 2 aliphatic rings. The number of urea groups is 1. The second-order valence-electron chi connectivity index (χ2n) is 8.67. The van der Waals surface area contributed by atoms with E-state index in [1.165, 1.54) is 24.3 Å². The number of amides is 4. The van der Waals surface area contributed by atoms with Gasteiger partial charge in [-0.05, 0) is 24.1 Å². The summed E-state index contributed by atoms with van der Waals surface area (Å²) in [5, 5.41) is 0. The van der Waals surface area contributed by atoms with E-state index in [9.17, 15) is 27.6 Å². The van der Waals surface area contributed by atoms with E-state index < -0.39 is 18.2 Å². The van der Waals surface area contributed by atoms with Gasteiger partial charge in [0.05, 0.1) is 19.1 Å². The number of carbonyl (C=O) groups is 3. The number of hydrogen-bond donors (Lipinski definition) is 2. The molecule has 12 heteroatoms. The standard InChI is InChI=1S/C22H29F3N4O5/c1-14(2)19(30)26-27-20(31)17-11-16(15-3-5-18(6-4-15)34-22(23,24)25)12-29(13-17)21(32)28-7-9-33-10-8-28/h3-6,14,16-17H,7-13H2,1-2H3,(H,26,30)(H,27,31). The molecule has 4 amide bonds. The lowest BCUT2D eigenvalue weighted by Gasteiger charge is -2.40. The molecule has 0 aromatic heterocycles. The van der Waals surface area contributed by atoms with Crippen LogP contribution in [0, 0.1) is 11.8 Å². The van der Waals surface area contributed by atoms with Crippen molar-refractivity contribution in [3.63, 3.8) is 0 Å². The summed E-state index contributed by atoms with van der Waals surface area (Å²) in [7, 11) is 0. The Balaban J connectivity index is 1.75. The highest BCUT2D eigenvalue weighted by Crippen LogP contribution is 2.33. The van der Waals surface area contributed by atoms with Crippen LogP contribution >= 0.6 is 0 Å². The van der Waals surface area contributed by atoms with Gasteiger partial charge in [0, 0.05) is 38.0 Å². The lowest BCUT2D eigenvalue weighted by atomic mass is 9.84. The molecule has 0 radical (unpaired) electrons. The summed E-state index contributed by atoms with van der Waals surface area (Å²) >= 11 is 0. The highest BCUT2D eigenvalue weighted by atomic mass is 19.4. The van der Waals surface area contributed by atoms with E-state index in [2.05, 4.69) is 15.6 Å². The van der Waals surface area contributed by atoms with Gasteiger partial charge in [0.25, 0.3) is 0 Å². The van der Waals surface area contributed by atoms with Crippen molar-refractivity contribution in [2.45, 2.75) is 32.5 Å². The molecule has 1 aromatic rings. The second kappa shape index (κ2) is 10.9. The van der Waals surface area contributed by atoms with E-state index in [0.29, 0.717) is 44.8 Å². The third kappa shape index (κ3) is 6.99. The number of likely N-dealkylation sites (tertiary alicyclic amines) is 1. The molecule has 9 nitrogen and oxygen atoms in total. The fraction of sp³-hybridized carbons (Fsp3) is 0.591. The molecule has 0 bridgehead atoms. The van der Waals surface area contributed by atoms with Gasteiger partial charge in [-0.3, -0.25) is 20.4 Å². The van der Waals surface area contributed by atoms with Crippen molar-refractivity contribution in [3.8, 4) is 5.75 Å². The van der Waals surface area contributed by atoms with Crippen molar-refractivity contribution in [1.29, 1.82) is 0 Å². The van der Waals surface area contributed by atoms with Gasteiger partial charge < -0.3 is 19.3 Å². The Kier molecular flexibility index (Phi) is 8.24. The van der Waals surface area contributed by atoms with E-state index in [4.69, 9.17) is 4.74 Å². The maximum absolute atomic E-state index is 13.1. The first-order valence-corrected chi connectivity index (χ1v) is 11.1. The van der Waals surface area contributed by atoms with Gasteiger partial charge in [0.1, 0.15) is 5.75 Å². The Morgan fingerprint density at radius 3 is 2.26 bits per heavy atom. The molecule has 3 rings (SSSR count). The van der Waals surface area contributed by atoms with E-state index >= 15 is 0 Å². The predicted molar refractivity (Wildman–Crippen MR) is 114 cm³/mol. The van der Waals surface area contributed by atoms with E-state index in [1.54, 1.807) is 23.6 Å². The van der Waals surface area contributed by atoms with Gasteiger partial charge >= 0.3 is 12.4 Å². The van der Waals surface area contributed by atoms with Crippen LogP contribution in [0.4, 0.5) is 18.0 Å². The maximum atomic E-state index is 13.1. The van der Waals surface area contributed by atoms with Crippen LogP contribution in [0.5, 0.6) is 5.75 Å². The lowest BCUT2D eigenvalue weighted by Crippen LogP contribution is -2.55. The highest BCUT2D eigenvalue weighted by Gasteiger charge is 2.37. The predicted octanol–water partition coefficient (Wildman–Crippen LogP) is 2.25. The normalized spacial score (nSPS) is 21.2. The van der Waals surface area contributed by atoms with Crippen molar-refractivity contribution >= 4 is 17.8 Å². The number of halogens is 3. The number of rotatable bonds is 4. The monoisotopic (exact) mass is 486 g/mol. The van der Waals surface area contributed by atoms with Crippen LogP contribution in [0.1, 0.15) is 31.7 Å². The summed E-state index contributed by atoms with van der Waals surface area (Å²) in [6.45, 7) is 5.56. The van der Waals surface area contributed by atoms with Crippen LogP contribution in [-0.2, 0) is 14.3 Å². The summed E-state index contributed by atoms with van der Waals surface area (Å²) in [5.41, 5.74) is 5.48. The molecule has 2 atom stereocenters. The van der Waals surface area contributed by atoms with Crippen LogP contribution < -0.4 is 15.6 Å². The number of alkyl halides is 3. The zero-order chi connectivity index (χ0) is 24.9. The van der Waals surface area contributed by atoms with Crippen molar-refractivity contribution < 1.29 is 37.0 Å². The number of piperidine rings is 1. The third-order valence-corrected chi connectivity index (χ3v) is 5.79. The molecule has 2 fully saturated rings. The maximum Gasteiger partial charge on any atom is 0.573 e. The quantitative estimate of drug-likeness (QED) is 0.636. The minimum Gasteiger partial charge on any atom is -0.406 e. The summed E-state index contributed by atoms with van der Waals surface area (Å²) in [5.74, 6) is -2.37. The minimum atomic E-state index is -4.79. The molecular weight excluding hydrogens is 457 g/mol. The fourth-order valence-corrected chi connectivity index (χ4v) is 3.95. The van der Waals surface area contributed by atoms with E-state index in [0.717, 1.165) is 0 Å². The van der Waals surface area contributed by atoms with Gasteiger partial charge in [-0.15, -0.1) is 13.2 Å². The molecule has 2 aliphatic heterocycles. The topological polar surface area (TPSA) is 100 Å². The Morgan fingerprint density at radius 2 is 1.68 bits per heavy atom. The summed E-state index contributed by atoms with van der Waals surface area (Å²) in [4.78, 5) is 41.0. The molecule has 0 spiro atoms. The molecule has 1 aromatic carbocycles. The van der Waals surface area contributed by atoms with Crippen LogP contribution in [0.15, 0.2) is 24.3 Å². The van der Waals surface area contributed by atoms with Gasteiger partial charge in [-0.25, -0.2) is 4.79 Å². The first kappa shape index (κ1) is 25.6. The van der Waals surface area contributed by atoms with Gasteiger partial charge in [-0.1, -0.05) is 26.0 Å². The smallest absolute Gasteiger partial charge is 0.406 e. The van der Waals surface area contributed by atoms with Crippen LogP contribution in [0.2, 0.25) is 0 Å². The lowest BCUT2D eigenvalue weighted by molar-refractivity contribution is -0.274. The van der Waals surface area contributed by atoms with Crippen molar-refractivity contribution in [3.05, 3.63) is 29.8 Å². The molecule has 0 aliphatic carbocycles. The zero-order valence-corrected chi connectivity index (χ0v) is 19.1. The largest absolute Gasteiger partial charge is 0.573 e. The molecule has 2 heterocycles. The molecular formula is C22H29F3N4O5. The second-order valence-corrected chi connectivity index (χ2v) is 8.67. The Morgan fingerprint density at radius 1 is 1.03 bits per heavy atom. The van der Waals surface area contributed by atoms with Crippen LogP contribution in [0.3, 0.4) is 0 Å². The molecule has 2 saturated heterocycles. The molecule has 188 valence electrons. The zero-order valence-electron chi connectivity index (χ0n) is 19.1. The van der Waals surface area contributed by atoms with Gasteiger partial charge in [0.15, 0.2) is 0 Å².